The first-order chi connectivity index (χ1) is 12.0. The first-order valence-corrected chi connectivity index (χ1v) is 8.45. The van der Waals surface area contributed by atoms with Gasteiger partial charge in [-0.05, 0) is 25.8 Å². The zero-order chi connectivity index (χ0) is 18.0. The minimum atomic E-state index is -0.925. The molecule has 1 saturated carbocycles. The van der Waals surface area contributed by atoms with Gasteiger partial charge >= 0.3 is 5.97 Å². The number of benzene rings is 1. The number of aromatic nitrogens is 2. The first-order valence-electron chi connectivity index (χ1n) is 8.45. The van der Waals surface area contributed by atoms with Crippen LogP contribution in [0.2, 0.25) is 0 Å². The topological polar surface area (TPSA) is 90.3 Å². The summed E-state index contributed by atoms with van der Waals surface area (Å²) < 4.78 is 6.38. The lowest BCUT2D eigenvalue weighted by Gasteiger charge is -2.17. The van der Waals surface area contributed by atoms with Gasteiger partial charge in [-0.2, -0.15) is 5.10 Å². The fourth-order valence-electron chi connectivity index (χ4n) is 3.11. The summed E-state index contributed by atoms with van der Waals surface area (Å²) in [7, 11) is 1.47. The van der Waals surface area contributed by atoms with E-state index in [0.29, 0.717) is 10.8 Å². The molecule has 1 aromatic carbocycles. The molecule has 0 saturated heterocycles. The van der Waals surface area contributed by atoms with Crippen molar-refractivity contribution in [3.8, 4) is 0 Å². The number of ether oxygens (including phenoxy) is 1. The van der Waals surface area contributed by atoms with Crippen molar-refractivity contribution in [2.24, 2.45) is 7.05 Å². The SMILES string of the molecule is C[C@H](OC(=O)c1nn(C)c(=O)c2ccccc12)C(=O)NC1CCCC1. The van der Waals surface area contributed by atoms with E-state index in [4.69, 9.17) is 4.74 Å². The van der Waals surface area contributed by atoms with Crippen LogP contribution < -0.4 is 10.9 Å². The summed E-state index contributed by atoms with van der Waals surface area (Å²) in [6, 6.07) is 6.87. The van der Waals surface area contributed by atoms with Gasteiger partial charge in [-0.1, -0.05) is 31.0 Å². The van der Waals surface area contributed by atoms with Crippen LogP contribution in [0.3, 0.4) is 0 Å². The highest BCUT2D eigenvalue weighted by Crippen LogP contribution is 2.18. The maximum atomic E-state index is 12.5. The van der Waals surface area contributed by atoms with Crippen molar-refractivity contribution in [2.45, 2.75) is 44.8 Å². The maximum Gasteiger partial charge on any atom is 0.360 e. The van der Waals surface area contributed by atoms with Gasteiger partial charge in [0.25, 0.3) is 11.5 Å². The molecule has 0 unspecified atom stereocenters. The normalized spacial score (nSPS) is 15.9. The molecule has 1 fully saturated rings. The minimum Gasteiger partial charge on any atom is -0.448 e. The van der Waals surface area contributed by atoms with Crippen LogP contribution in [0.15, 0.2) is 29.1 Å². The molecule has 1 aliphatic rings. The van der Waals surface area contributed by atoms with Gasteiger partial charge in [-0.25, -0.2) is 9.48 Å². The Labute approximate surface area is 145 Å². The van der Waals surface area contributed by atoms with Gasteiger partial charge in [0.2, 0.25) is 0 Å². The molecule has 1 N–H and O–H groups in total. The van der Waals surface area contributed by atoms with Gasteiger partial charge in [-0.15, -0.1) is 0 Å². The number of nitrogens with zero attached hydrogens (tertiary/aromatic N) is 2. The molecule has 0 radical (unpaired) electrons. The molecule has 1 aromatic heterocycles. The van der Waals surface area contributed by atoms with E-state index in [9.17, 15) is 14.4 Å². The van der Waals surface area contributed by atoms with Crippen molar-refractivity contribution in [1.29, 1.82) is 0 Å². The number of amides is 1. The fraction of sp³-hybridized carbons (Fsp3) is 0.444. The highest BCUT2D eigenvalue weighted by Gasteiger charge is 2.25. The Morgan fingerprint density at radius 1 is 1.24 bits per heavy atom. The molecule has 2 aromatic rings. The molecule has 0 aliphatic heterocycles. The van der Waals surface area contributed by atoms with E-state index in [1.165, 1.54) is 14.0 Å². The van der Waals surface area contributed by atoms with Crippen LogP contribution in [-0.2, 0) is 16.6 Å². The van der Waals surface area contributed by atoms with Gasteiger partial charge in [0.1, 0.15) is 0 Å². The van der Waals surface area contributed by atoms with E-state index in [1.54, 1.807) is 24.3 Å². The van der Waals surface area contributed by atoms with Crippen LogP contribution >= 0.6 is 0 Å². The van der Waals surface area contributed by atoms with Crippen molar-refractivity contribution in [3.05, 3.63) is 40.3 Å². The molecule has 0 spiro atoms. The van der Waals surface area contributed by atoms with Crippen LogP contribution in [0.5, 0.6) is 0 Å². The predicted molar refractivity (Wildman–Crippen MR) is 92.3 cm³/mol. The predicted octanol–water partition coefficient (Wildman–Crippen LogP) is 1.54. The molecule has 7 nitrogen and oxygen atoms in total. The van der Waals surface area contributed by atoms with E-state index < -0.39 is 12.1 Å². The second-order valence-electron chi connectivity index (χ2n) is 6.36. The Morgan fingerprint density at radius 3 is 2.56 bits per heavy atom. The highest BCUT2D eigenvalue weighted by atomic mass is 16.5. The highest BCUT2D eigenvalue weighted by molar-refractivity contribution is 6.02. The van der Waals surface area contributed by atoms with Gasteiger partial charge < -0.3 is 10.1 Å². The molecule has 1 heterocycles. The Kier molecular flexibility index (Phi) is 4.83. The fourth-order valence-corrected chi connectivity index (χ4v) is 3.11. The molecule has 132 valence electrons. The number of fused-ring (bicyclic) bond motifs is 1. The zero-order valence-electron chi connectivity index (χ0n) is 14.3. The number of rotatable bonds is 4. The smallest absolute Gasteiger partial charge is 0.360 e. The van der Waals surface area contributed by atoms with Crippen LogP contribution in [0, 0.1) is 0 Å². The van der Waals surface area contributed by atoms with Crippen LogP contribution in [0.25, 0.3) is 10.8 Å². The summed E-state index contributed by atoms with van der Waals surface area (Å²) in [4.78, 5) is 36.8. The van der Waals surface area contributed by atoms with E-state index in [-0.39, 0.29) is 23.2 Å². The largest absolute Gasteiger partial charge is 0.448 e. The lowest BCUT2D eigenvalue weighted by molar-refractivity contribution is -0.129. The Hall–Kier alpha value is -2.70. The number of aryl methyl sites for hydroxylation is 1. The molecule has 1 amide bonds. The monoisotopic (exact) mass is 343 g/mol. The molecular formula is C18H21N3O4. The number of hydrogen-bond donors (Lipinski definition) is 1. The Morgan fingerprint density at radius 2 is 1.88 bits per heavy atom. The van der Waals surface area contributed by atoms with Crippen LogP contribution in [-0.4, -0.2) is 33.8 Å². The summed E-state index contributed by atoms with van der Waals surface area (Å²) in [6.45, 7) is 1.53. The summed E-state index contributed by atoms with van der Waals surface area (Å²) >= 11 is 0. The van der Waals surface area contributed by atoms with E-state index in [2.05, 4.69) is 10.4 Å². The first kappa shape index (κ1) is 17.1. The molecule has 1 aliphatic carbocycles. The summed E-state index contributed by atoms with van der Waals surface area (Å²) in [5.74, 6) is -1.03. The number of esters is 1. The molecule has 1 atom stereocenters. The summed E-state index contributed by atoms with van der Waals surface area (Å²) in [6.07, 6.45) is 3.20. The van der Waals surface area contributed by atoms with Crippen LogP contribution in [0.4, 0.5) is 0 Å². The van der Waals surface area contributed by atoms with Crippen molar-refractivity contribution in [3.63, 3.8) is 0 Å². The summed E-state index contributed by atoms with van der Waals surface area (Å²) in [5.41, 5.74) is -0.266. The summed E-state index contributed by atoms with van der Waals surface area (Å²) in [5, 5.41) is 7.72. The van der Waals surface area contributed by atoms with Gasteiger partial charge in [0.05, 0.1) is 5.39 Å². The number of carbonyl (C=O) groups excluding carboxylic acids is 2. The molecule has 3 rings (SSSR count). The quantitative estimate of drug-likeness (QED) is 0.851. The van der Waals surface area contributed by atoms with E-state index >= 15 is 0 Å². The van der Waals surface area contributed by atoms with Gasteiger partial charge in [-0.3, -0.25) is 9.59 Å². The maximum absolute atomic E-state index is 12.5. The van der Waals surface area contributed by atoms with Crippen LogP contribution in [0.1, 0.15) is 43.1 Å². The lowest BCUT2D eigenvalue weighted by Crippen LogP contribution is -2.41. The molecule has 0 bridgehead atoms. The average molecular weight is 343 g/mol. The third-order valence-electron chi connectivity index (χ3n) is 4.50. The average Bonchev–Trinajstić information content (AvgIpc) is 3.11. The molecule has 7 heteroatoms. The Bertz CT molecular complexity index is 868. The standard InChI is InChI=1S/C18H21N3O4/c1-11(16(22)19-12-7-3-4-8-12)25-18(24)15-13-9-5-6-10-14(13)17(23)21(2)20-15/h5-6,9-12H,3-4,7-8H2,1-2H3,(H,19,22)/t11-/m0/s1. The zero-order valence-corrected chi connectivity index (χ0v) is 14.3. The number of nitrogens with one attached hydrogen (secondary N) is 1. The second kappa shape index (κ2) is 7.04. The van der Waals surface area contributed by atoms with E-state index in [0.717, 1.165) is 30.4 Å². The number of carbonyl (C=O) groups is 2. The minimum absolute atomic E-state index is 0.0261. The van der Waals surface area contributed by atoms with E-state index in [1.807, 2.05) is 0 Å². The lowest BCUT2D eigenvalue weighted by atomic mass is 10.1. The van der Waals surface area contributed by atoms with Gasteiger partial charge in [0.15, 0.2) is 11.8 Å². The second-order valence-corrected chi connectivity index (χ2v) is 6.36. The Balaban J connectivity index is 1.79. The van der Waals surface area contributed by atoms with Crippen molar-refractivity contribution < 1.29 is 14.3 Å². The van der Waals surface area contributed by atoms with Gasteiger partial charge in [0, 0.05) is 18.5 Å². The third kappa shape index (κ3) is 3.55. The molecular weight excluding hydrogens is 322 g/mol. The van der Waals surface area contributed by atoms with Crippen molar-refractivity contribution >= 4 is 22.6 Å². The van der Waals surface area contributed by atoms with Crippen molar-refractivity contribution in [2.75, 3.05) is 0 Å². The number of hydrogen-bond acceptors (Lipinski definition) is 5. The third-order valence-corrected chi connectivity index (χ3v) is 4.50. The van der Waals surface area contributed by atoms with Crippen molar-refractivity contribution in [1.82, 2.24) is 15.1 Å². The molecule has 25 heavy (non-hydrogen) atoms.